The minimum Gasteiger partial charge on any atom is -0.494 e. The number of carbonyl (C=O) groups is 1. The Morgan fingerprint density at radius 1 is 1.03 bits per heavy atom. The molecule has 5 nitrogen and oxygen atoms in total. The third kappa shape index (κ3) is 7.13. The molecule has 0 unspecified atom stereocenters. The van der Waals surface area contributed by atoms with Crippen LogP contribution in [0.3, 0.4) is 0 Å². The number of thioether (sulfide) groups is 1. The minimum atomic E-state index is -0.0326. The molecule has 0 bridgehead atoms. The van der Waals surface area contributed by atoms with Gasteiger partial charge in [-0.1, -0.05) is 42.8 Å². The predicted molar refractivity (Wildman–Crippen MR) is 122 cm³/mol. The monoisotopic (exact) mass is 411 g/mol. The number of anilines is 1. The lowest BCUT2D eigenvalue weighted by molar-refractivity contribution is -0.113. The van der Waals surface area contributed by atoms with E-state index in [1.165, 1.54) is 37.4 Å². The molecule has 1 aliphatic heterocycles. The molecule has 154 valence electrons. The van der Waals surface area contributed by atoms with Gasteiger partial charge in [-0.3, -0.25) is 4.79 Å². The number of carbonyl (C=O) groups excluding carboxylic acids is 1. The van der Waals surface area contributed by atoms with E-state index >= 15 is 0 Å². The summed E-state index contributed by atoms with van der Waals surface area (Å²) >= 11 is 1.51. The molecule has 1 amide bonds. The number of hydrogen-bond donors (Lipinski definition) is 1. The summed E-state index contributed by atoms with van der Waals surface area (Å²) in [4.78, 5) is 19.7. The maximum atomic E-state index is 12.5. The molecule has 3 rings (SSSR count). The molecular formula is C23H29N3O2S. The van der Waals surface area contributed by atoms with Crippen molar-refractivity contribution in [2.75, 3.05) is 30.8 Å². The zero-order chi connectivity index (χ0) is 20.3. The van der Waals surface area contributed by atoms with Crippen LogP contribution in [0.4, 0.5) is 11.4 Å². The van der Waals surface area contributed by atoms with Crippen molar-refractivity contribution in [3.63, 3.8) is 0 Å². The molecule has 2 aromatic carbocycles. The van der Waals surface area contributed by atoms with Gasteiger partial charge in [0.1, 0.15) is 5.75 Å². The van der Waals surface area contributed by atoms with Crippen LogP contribution < -0.4 is 10.1 Å². The third-order valence-electron chi connectivity index (χ3n) is 4.64. The van der Waals surface area contributed by atoms with Crippen LogP contribution in [0.25, 0.3) is 0 Å². The number of rotatable bonds is 6. The minimum absolute atomic E-state index is 0.0326. The van der Waals surface area contributed by atoms with E-state index in [2.05, 4.69) is 10.2 Å². The Morgan fingerprint density at radius 2 is 1.72 bits per heavy atom. The lowest BCUT2D eigenvalue weighted by Crippen LogP contribution is -2.31. The zero-order valence-electron chi connectivity index (χ0n) is 17.0. The zero-order valence-corrected chi connectivity index (χ0v) is 17.8. The maximum absolute atomic E-state index is 12.5. The highest BCUT2D eigenvalue weighted by atomic mass is 32.2. The Kier molecular flexibility index (Phi) is 8.43. The standard InChI is InChI=1S/C23H29N3O2S/c1-2-28-21-14-12-20(13-15-21)24-22(27)18-29-23(25-19-10-6-5-7-11-19)26-16-8-3-4-9-17-26/h5-7,10-15H,2-4,8-9,16-18H2,1H3,(H,24,27). The van der Waals surface area contributed by atoms with Crippen molar-refractivity contribution >= 4 is 34.2 Å². The number of ether oxygens (including phenoxy) is 1. The smallest absolute Gasteiger partial charge is 0.234 e. The van der Waals surface area contributed by atoms with Crippen LogP contribution >= 0.6 is 11.8 Å². The molecule has 0 aromatic heterocycles. The van der Waals surface area contributed by atoms with Crippen LogP contribution in [0.1, 0.15) is 32.6 Å². The number of nitrogens with zero attached hydrogens (tertiary/aromatic N) is 2. The molecule has 0 radical (unpaired) electrons. The summed E-state index contributed by atoms with van der Waals surface area (Å²) in [6.45, 7) is 4.58. The fourth-order valence-corrected chi connectivity index (χ4v) is 4.07. The van der Waals surface area contributed by atoms with Crippen molar-refractivity contribution in [1.29, 1.82) is 0 Å². The number of amides is 1. The van der Waals surface area contributed by atoms with Gasteiger partial charge in [-0.05, 0) is 56.2 Å². The van der Waals surface area contributed by atoms with Gasteiger partial charge >= 0.3 is 0 Å². The first-order valence-electron chi connectivity index (χ1n) is 10.3. The second kappa shape index (κ2) is 11.5. The number of likely N-dealkylation sites (tertiary alicyclic amines) is 1. The molecule has 29 heavy (non-hydrogen) atoms. The molecule has 0 saturated carbocycles. The number of benzene rings is 2. The van der Waals surface area contributed by atoms with Gasteiger partial charge in [0.25, 0.3) is 0 Å². The Morgan fingerprint density at radius 3 is 2.38 bits per heavy atom. The average molecular weight is 412 g/mol. The van der Waals surface area contributed by atoms with Gasteiger partial charge in [0.2, 0.25) is 5.91 Å². The number of para-hydroxylation sites is 1. The molecular weight excluding hydrogens is 382 g/mol. The first-order valence-corrected chi connectivity index (χ1v) is 11.3. The lowest BCUT2D eigenvalue weighted by Gasteiger charge is -2.23. The summed E-state index contributed by atoms with van der Waals surface area (Å²) in [5.41, 5.74) is 1.70. The van der Waals surface area contributed by atoms with Crippen LogP contribution in [0, 0.1) is 0 Å². The first-order chi connectivity index (χ1) is 14.2. The van der Waals surface area contributed by atoms with E-state index in [9.17, 15) is 4.79 Å². The summed E-state index contributed by atoms with van der Waals surface area (Å²) in [5.74, 6) is 1.10. The highest BCUT2D eigenvalue weighted by Crippen LogP contribution is 2.21. The molecule has 1 fully saturated rings. The number of amidine groups is 1. The SMILES string of the molecule is CCOc1ccc(NC(=O)CSC(=Nc2ccccc2)N2CCCCCC2)cc1. The van der Waals surface area contributed by atoms with Gasteiger partial charge in [-0.2, -0.15) is 0 Å². The van der Waals surface area contributed by atoms with Crippen molar-refractivity contribution in [3.05, 3.63) is 54.6 Å². The van der Waals surface area contributed by atoms with Crippen LogP contribution in [0.2, 0.25) is 0 Å². The van der Waals surface area contributed by atoms with E-state index in [1.807, 2.05) is 61.5 Å². The third-order valence-corrected chi connectivity index (χ3v) is 5.65. The Bertz CT molecular complexity index is 786. The van der Waals surface area contributed by atoms with Crippen LogP contribution in [-0.4, -0.2) is 41.4 Å². The number of aliphatic imine (C=N–C) groups is 1. The summed E-state index contributed by atoms with van der Waals surface area (Å²) in [5, 5.41) is 3.89. The molecule has 0 aliphatic carbocycles. The fraction of sp³-hybridized carbons (Fsp3) is 0.391. The van der Waals surface area contributed by atoms with Crippen LogP contribution in [-0.2, 0) is 4.79 Å². The van der Waals surface area contributed by atoms with E-state index in [0.717, 1.165) is 35.4 Å². The molecule has 6 heteroatoms. The number of nitrogens with one attached hydrogen (secondary N) is 1. The largest absolute Gasteiger partial charge is 0.494 e. The van der Waals surface area contributed by atoms with Gasteiger partial charge < -0.3 is 15.0 Å². The molecule has 1 N–H and O–H groups in total. The fourth-order valence-electron chi connectivity index (χ4n) is 3.20. The topological polar surface area (TPSA) is 53.9 Å². The molecule has 1 saturated heterocycles. The van der Waals surface area contributed by atoms with Crippen molar-refractivity contribution in [3.8, 4) is 5.75 Å². The Labute approximate surface area is 177 Å². The van der Waals surface area contributed by atoms with Gasteiger partial charge in [0, 0.05) is 18.8 Å². The summed E-state index contributed by atoms with van der Waals surface area (Å²) in [7, 11) is 0. The maximum Gasteiger partial charge on any atom is 0.234 e. The predicted octanol–water partition coefficient (Wildman–Crippen LogP) is 5.32. The van der Waals surface area contributed by atoms with E-state index in [0.29, 0.717) is 12.4 Å². The highest BCUT2D eigenvalue weighted by Gasteiger charge is 2.16. The van der Waals surface area contributed by atoms with E-state index in [1.54, 1.807) is 0 Å². The Balaban J connectivity index is 1.62. The summed E-state index contributed by atoms with van der Waals surface area (Å²) in [6.07, 6.45) is 4.87. The molecule has 0 atom stereocenters. The van der Waals surface area contributed by atoms with Gasteiger partial charge in [0.05, 0.1) is 18.0 Å². The van der Waals surface area contributed by atoms with Crippen molar-refractivity contribution < 1.29 is 9.53 Å². The normalized spacial score (nSPS) is 14.9. The van der Waals surface area contributed by atoms with Crippen molar-refractivity contribution in [2.45, 2.75) is 32.6 Å². The van der Waals surface area contributed by atoms with E-state index in [4.69, 9.17) is 9.73 Å². The van der Waals surface area contributed by atoms with Gasteiger partial charge in [-0.25, -0.2) is 4.99 Å². The highest BCUT2D eigenvalue weighted by molar-refractivity contribution is 8.14. The molecule has 1 heterocycles. The first kappa shape index (κ1) is 21.2. The van der Waals surface area contributed by atoms with Crippen molar-refractivity contribution in [1.82, 2.24) is 4.90 Å². The van der Waals surface area contributed by atoms with Crippen LogP contribution in [0.15, 0.2) is 59.6 Å². The summed E-state index contributed by atoms with van der Waals surface area (Å²) in [6, 6.07) is 17.4. The molecule has 2 aromatic rings. The molecule has 1 aliphatic rings. The summed E-state index contributed by atoms with van der Waals surface area (Å²) < 4.78 is 5.44. The van der Waals surface area contributed by atoms with Crippen molar-refractivity contribution in [2.24, 2.45) is 4.99 Å². The van der Waals surface area contributed by atoms with E-state index < -0.39 is 0 Å². The van der Waals surface area contributed by atoms with E-state index in [-0.39, 0.29) is 5.91 Å². The lowest BCUT2D eigenvalue weighted by atomic mass is 10.2. The molecule has 0 spiro atoms. The second-order valence-corrected chi connectivity index (χ2v) is 7.87. The van der Waals surface area contributed by atoms with Gasteiger partial charge in [-0.15, -0.1) is 0 Å². The number of hydrogen-bond acceptors (Lipinski definition) is 4. The van der Waals surface area contributed by atoms with Gasteiger partial charge in [0.15, 0.2) is 5.17 Å². The quantitative estimate of drug-likeness (QED) is 0.516. The van der Waals surface area contributed by atoms with Crippen LogP contribution in [0.5, 0.6) is 5.75 Å². The second-order valence-electron chi connectivity index (χ2n) is 6.93. The average Bonchev–Trinajstić information content (AvgIpc) is 3.03. The Hall–Kier alpha value is -2.47.